The van der Waals surface area contributed by atoms with Crippen LogP contribution in [0.2, 0.25) is 0 Å². The van der Waals surface area contributed by atoms with E-state index in [4.69, 9.17) is 9.84 Å². The Morgan fingerprint density at radius 2 is 2.00 bits per heavy atom. The molecule has 134 valence electrons. The first kappa shape index (κ1) is 16.5. The van der Waals surface area contributed by atoms with Gasteiger partial charge in [0.05, 0.1) is 35.3 Å². The van der Waals surface area contributed by atoms with E-state index in [1.165, 1.54) is 12.1 Å². The highest BCUT2D eigenvalue weighted by atomic mass is 19.1. The minimum absolute atomic E-state index is 0.0270. The van der Waals surface area contributed by atoms with E-state index in [0.717, 1.165) is 25.3 Å². The van der Waals surface area contributed by atoms with Gasteiger partial charge in [0.15, 0.2) is 0 Å². The predicted molar refractivity (Wildman–Crippen MR) is 84.7 cm³/mol. The van der Waals surface area contributed by atoms with Crippen LogP contribution < -0.4 is 5.32 Å². The first-order valence-electron chi connectivity index (χ1n) is 8.47. The molecule has 1 spiro atoms. The summed E-state index contributed by atoms with van der Waals surface area (Å²) < 4.78 is 19.9. The minimum Gasteiger partial charge on any atom is -0.478 e. The van der Waals surface area contributed by atoms with Crippen molar-refractivity contribution in [2.45, 2.75) is 55.3 Å². The van der Waals surface area contributed by atoms with Gasteiger partial charge >= 0.3 is 5.97 Å². The monoisotopic (exact) mass is 349 g/mol. The van der Waals surface area contributed by atoms with Crippen molar-refractivity contribution in [1.29, 1.82) is 0 Å². The van der Waals surface area contributed by atoms with Crippen LogP contribution in [0.1, 0.15) is 48.0 Å². The number of hydrogen-bond acceptors (Lipinski definition) is 4. The van der Waals surface area contributed by atoms with Crippen molar-refractivity contribution in [2.75, 3.05) is 6.61 Å². The van der Waals surface area contributed by atoms with Crippen LogP contribution in [0, 0.1) is 5.82 Å². The van der Waals surface area contributed by atoms with Crippen molar-refractivity contribution in [2.24, 2.45) is 0 Å². The zero-order valence-corrected chi connectivity index (χ0v) is 13.7. The molecule has 3 N–H and O–H groups in total. The molecule has 6 nitrogen and oxygen atoms in total. The lowest BCUT2D eigenvalue weighted by Crippen LogP contribution is -2.68. The summed E-state index contributed by atoms with van der Waals surface area (Å²) in [6.45, 7) is -0.0474. The smallest absolute Gasteiger partial charge is 0.338 e. The molecule has 0 atom stereocenters. The molecule has 1 amide bonds. The van der Waals surface area contributed by atoms with Gasteiger partial charge in [0.1, 0.15) is 5.82 Å². The van der Waals surface area contributed by atoms with E-state index in [0.29, 0.717) is 18.4 Å². The highest BCUT2D eigenvalue weighted by Gasteiger charge is 2.76. The number of carboxylic acid groups (broad SMARTS) is 1. The molecule has 0 radical (unpaired) electrons. The fourth-order valence-electron chi connectivity index (χ4n) is 4.72. The molecule has 2 saturated carbocycles. The van der Waals surface area contributed by atoms with Gasteiger partial charge in [0.25, 0.3) is 0 Å². The number of carboxylic acids is 1. The molecular weight excluding hydrogens is 329 g/mol. The number of amides is 1. The number of ether oxygens (including phenoxy) is 1. The summed E-state index contributed by atoms with van der Waals surface area (Å²) in [6.07, 6.45) is 3.97. The molecule has 7 heteroatoms. The van der Waals surface area contributed by atoms with E-state index in [1.807, 2.05) is 0 Å². The molecule has 0 aromatic heterocycles. The number of aliphatic hydroxyl groups excluding tert-OH is 1. The molecule has 2 aliphatic carbocycles. The molecule has 0 unspecified atom stereocenters. The summed E-state index contributed by atoms with van der Waals surface area (Å²) in [4.78, 5) is 23.3. The molecule has 2 saturated heterocycles. The standard InChI is InChI=1S/C18H20FNO5/c19-13-6-11(2-3-12(13)15(23)24)7-14(22)20-17-8-16(9-17,10-21)25-18(17)4-1-5-18/h2-3,6,21H,1,4-5,7-10H2,(H,20,22)(H,23,24). The zero-order chi connectivity index (χ0) is 17.9. The van der Waals surface area contributed by atoms with Crippen LogP contribution in [0.3, 0.4) is 0 Å². The molecule has 5 rings (SSSR count). The van der Waals surface area contributed by atoms with Gasteiger partial charge < -0.3 is 20.3 Å². The Kier molecular flexibility index (Phi) is 3.46. The van der Waals surface area contributed by atoms with E-state index in [9.17, 15) is 19.1 Å². The van der Waals surface area contributed by atoms with Crippen molar-refractivity contribution in [3.63, 3.8) is 0 Å². The second-order valence-electron chi connectivity index (χ2n) is 7.57. The van der Waals surface area contributed by atoms with E-state index < -0.39 is 28.5 Å². The first-order chi connectivity index (χ1) is 11.8. The van der Waals surface area contributed by atoms with Crippen molar-refractivity contribution in [3.05, 3.63) is 35.1 Å². The van der Waals surface area contributed by atoms with Gasteiger partial charge in [0.2, 0.25) is 5.91 Å². The highest BCUT2D eigenvalue weighted by Crippen LogP contribution is 2.66. The van der Waals surface area contributed by atoms with Gasteiger partial charge in [-0.05, 0) is 37.0 Å². The lowest BCUT2D eigenvalue weighted by molar-refractivity contribution is -0.130. The molecule has 4 fully saturated rings. The second-order valence-corrected chi connectivity index (χ2v) is 7.57. The lowest BCUT2D eigenvalue weighted by Gasteiger charge is -2.51. The zero-order valence-electron chi connectivity index (χ0n) is 13.7. The summed E-state index contributed by atoms with van der Waals surface area (Å²) >= 11 is 0. The van der Waals surface area contributed by atoms with Crippen LogP contribution in [0.5, 0.6) is 0 Å². The number of benzene rings is 1. The van der Waals surface area contributed by atoms with Gasteiger partial charge in [-0.1, -0.05) is 6.07 Å². The lowest BCUT2D eigenvalue weighted by atomic mass is 9.56. The number of aliphatic hydroxyl groups is 1. The number of nitrogens with one attached hydrogen (secondary N) is 1. The van der Waals surface area contributed by atoms with Crippen molar-refractivity contribution in [3.8, 4) is 0 Å². The summed E-state index contributed by atoms with van der Waals surface area (Å²) in [6, 6.07) is 3.71. The summed E-state index contributed by atoms with van der Waals surface area (Å²) in [5, 5.41) is 21.5. The molecule has 1 aromatic carbocycles. The van der Waals surface area contributed by atoms with Gasteiger partial charge in [0, 0.05) is 12.8 Å². The third kappa shape index (κ3) is 2.29. The molecule has 2 heterocycles. The Morgan fingerprint density at radius 1 is 1.28 bits per heavy atom. The molecule has 2 bridgehead atoms. The summed E-state index contributed by atoms with van der Waals surface area (Å²) in [5.74, 6) is -2.43. The molecule has 1 aromatic rings. The average Bonchev–Trinajstić information content (AvgIpc) is 2.92. The fraction of sp³-hybridized carbons (Fsp3) is 0.556. The van der Waals surface area contributed by atoms with Gasteiger partial charge in [-0.3, -0.25) is 4.79 Å². The fourth-order valence-corrected chi connectivity index (χ4v) is 4.72. The topological polar surface area (TPSA) is 95.9 Å². The van der Waals surface area contributed by atoms with Crippen LogP contribution in [0.4, 0.5) is 4.39 Å². The molecule has 2 aliphatic heterocycles. The largest absolute Gasteiger partial charge is 0.478 e. The predicted octanol–water partition coefficient (Wildman–Crippen LogP) is 1.40. The van der Waals surface area contributed by atoms with Crippen molar-refractivity contribution >= 4 is 11.9 Å². The van der Waals surface area contributed by atoms with Crippen LogP contribution >= 0.6 is 0 Å². The minimum atomic E-state index is -1.34. The average molecular weight is 349 g/mol. The van der Waals surface area contributed by atoms with Gasteiger partial charge in [-0.2, -0.15) is 0 Å². The van der Waals surface area contributed by atoms with E-state index in [1.54, 1.807) is 0 Å². The Balaban J connectivity index is 1.46. The SMILES string of the molecule is O=C(Cc1ccc(C(=O)O)c(F)c1)NC12CC(CO)(C1)OC21CCC1. The van der Waals surface area contributed by atoms with Crippen LogP contribution in [0.15, 0.2) is 18.2 Å². The molecular formula is C18H20FNO5. The Bertz CT molecular complexity index is 752. The van der Waals surface area contributed by atoms with E-state index in [2.05, 4.69) is 5.32 Å². The van der Waals surface area contributed by atoms with Crippen molar-refractivity contribution < 1.29 is 28.9 Å². The van der Waals surface area contributed by atoms with E-state index in [-0.39, 0.29) is 24.5 Å². The maximum atomic E-state index is 13.8. The van der Waals surface area contributed by atoms with Crippen LogP contribution in [-0.4, -0.2) is 45.4 Å². The highest BCUT2D eigenvalue weighted by molar-refractivity contribution is 5.88. The number of carbonyl (C=O) groups is 2. The normalized spacial score (nSPS) is 31.3. The second kappa shape index (κ2) is 5.25. The number of aromatic carboxylic acids is 1. The van der Waals surface area contributed by atoms with Gasteiger partial charge in [-0.25, -0.2) is 9.18 Å². The molecule has 4 aliphatic rings. The number of halogens is 1. The van der Waals surface area contributed by atoms with Crippen LogP contribution in [0.25, 0.3) is 0 Å². The number of hydrogen-bond donors (Lipinski definition) is 3. The maximum absolute atomic E-state index is 13.8. The summed E-state index contributed by atoms with van der Waals surface area (Å²) in [5.41, 5.74) is -1.32. The van der Waals surface area contributed by atoms with Crippen molar-refractivity contribution in [1.82, 2.24) is 5.32 Å². The first-order valence-corrected chi connectivity index (χ1v) is 8.47. The third-order valence-corrected chi connectivity index (χ3v) is 5.99. The van der Waals surface area contributed by atoms with Gasteiger partial charge in [-0.15, -0.1) is 0 Å². The Morgan fingerprint density at radius 3 is 2.52 bits per heavy atom. The Hall–Kier alpha value is -1.99. The summed E-state index contributed by atoms with van der Waals surface area (Å²) in [7, 11) is 0. The number of carbonyl (C=O) groups excluding carboxylic acids is 1. The number of rotatable bonds is 5. The molecule has 25 heavy (non-hydrogen) atoms. The van der Waals surface area contributed by atoms with E-state index >= 15 is 0 Å². The quantitative estimate of drug-likeness (QED) is 0.747. The van der Waals surface area contributed by atoms with Crippen LogP contribution in [-0.2, 0) is 16.0 Å². The Labute approximate surface area is 144 Å². The third-order valence-electron chi connectivity index (χ3n) is 5.99. The maximum Gasteiger partial charge on any atom is 0.338 e.